The van der Waals surface area contributed by atoms with Crippen molar-refractivity contribution in [3.63, 3.8) is 0 Å². The van der Waals surface area contributed by atoms with E-state index in [1.165, 1.54) is 12.1 Å². The Bertz CT molecular complexity index is 994. The van der Waals surface area contributed by atoms with Gasteiger partial charge in [0.2, 0.25) is 0 Å². The second kappa shape index (κ2) is 10.5. The van der Waals surface area contributed by atoms with Gasteiger partial charge < -0.3 is 20.1 Å². The number of carbonyl (C=O) groups is 3. The van der Waals surface area contributed by atoms with Gasteiger partial charge in [-0.3, -0.25) is 9.59 Å². The summed E-state index contributed by atoms with van der Waals surface area (Å²) in [6, 6.07) is 1.19. The number of aliphatic hydroxyl groups is 1. The van der Waals surface area contributed by atoms with Crippen LogP contribution in [0.3, 0.4) is 0 Å². The first-order valence-electron chi connectivity index (χ1n) is 9.68. The zero-order valence-corrected chi connectivity index (χ0v) is 18.7. The SMILES string of the molecule is CC(C)=CC[C@H](OC(=O)C=C(C)C)C1=CC(=O)c2c(O)cc(SCCO)c(O)c2C1=O. The number of ketones is 2. The number of benzene rings is 1. The first-order valence-corrected chi connectivity index (χ1v) is 10.7. The van der Waals surface area contributed by atoms with E-state index in [9.17, 15) is 24.6 Å². The first kappa shape index (κ1) is 24.4. The zero-order valence-electron chi connectivity index (χ0n) is 17.9. The molecule has 0 saturated heterocycles. The summed E-state index contributed by atoms with van der Waals surface area (Å²) in [4.78, 5) is 38.4. The van der Waals surface area contributed by atoms with E-state index in [1.807, 2.05) is 13.8 Å². The zero-order chi connectivity index (χ0) is 23.3. The summed E-state index contributed by atoms with van der Waals surface area (Å²) in [5, 5.41) is 30.0. The Labute approximate surface area is 185 Å². The van der Waals surface area contributed by atoms with E-state index in [2.05, 4.69) is 0 Å². The van der Waals surface area contributed by atoms with Crippen molar-refractivity contribution >= 4 is 29.3 Å². The molecule has 31 heavy (non-hydrogen) atoms. The fourth-order valence-corrected chi connectivity index (χ4v) is 3.77. The van der Waals surface area contributed by atoms with Gasteiger partial charge in [-0.25, -0.2) is 4.79 Å². The number of fused-ring (bicyclic) bond motifs is 1. The molecule has 1 aromatic carbocycles. The van der Waals surface area contributed by atoms with Gasteiger partial charge in [-0.2, -0.15) is 0 Å². The summed E-state index contributed by atoms with van der Waals surface area (Å²) >= 11 is 1.03. The first-order chi connectivity index (χ1) is 14.6. The molecule has 2 rings (SSSR count). The van der Waals surface area contributed by atoms with Gasteiger partial charge in [0, 0.05) is 23.8 Å². The number of aromatic hydroxyl groups is 2. The molecule has 7 nitrogen and oxygen atoms in total. The van der Waals surface area contributed by atoms with Crippen LogP contribution in [0, 0.1) is 0 Å². The lowest BCUT2D eigenvalue weighted by Crippen LogP contribution is -2.29. The van der Waals surface area contributed by atoms with Crippen molar-refractivity contribution in [3.05, 3.63) is 52.1 Å². The number of phenols is 2. The summed E-state index contributed by atoms with van der Waals surface area (Å²) in [7, 11) is 0. The summed E-state index contributed by atoms with van der Waals surface area (Å²) in [5.41, 5.74) is 0.940. The molecule has 0 aromatic heterocycles. The molecule has 1 aliphatic carbocycles. The highest BCUT2D eigenvalue weighted by Crippen LogP contribution is 2.42. The molecule has 1 aliphatic rings. The summed E-state index contributed by atoms with van der Waals surface area (Å²) in [5.74, 6) is -2.70. The van der Waals surface area contributed by atoms with E-state index in [0.717, 1.165) is 23.4 Å². The molecule has 0 aliphatic heterocycles. The van der Waals surface area contributed by atoms with Crippen LogP contribution in [0.5, 0.6) is 11.5 Å². The molecule has 0 unspecified atom stereocenters. The molecule has 0 fully saturated rings. The van der Waals surface area contributed by atoms with Crippen LogP contribution < -0.4 is 0 Å². The molecular weight excluding hydrogens is 420 g/mol. The molecule has 0 heterocycles. The van der Waals surface area contributed by atoms with Crippen molar-refractivity contribution in [2.45, 2.75) is 45.1 Å². The number of phenolic OH excluding ortho intramolecular Hbond substituents is 2. The minimum atomic E-state index is -1.04. The predicted octanol–water partition coefficient (Wildman–Crippen LogP) is 3.72. The molecule has 0 bridgehead atoms. The number of Topliss-reactive ketones (excluding diaryl/α,β-unsaturated/α-hetero) is 1. The van der Waals surface area contributed by atoms with Gasteiger partial charge >= 0.3 is 5.97 Å². The lowest BCUT2D eigenvalue weighted by molar-refractivity contribution is -0.141. The molecule has 0 saturated carbocycles. The Morgan fingerprint density at radius 2 is 1.81 bits per heavy atom. The second-order valence-corrected chi connectivity index (χ2v) is 8.66. The Kier molecular flexibility index (Phi) is 8.24. The maximum atomic E-state index is 13.3. The molecule has 166 valence electrons. The van der Waals surface area contributed by atoms with Crippen LogP contribution in [0.15, 0.2) is 45.9 Å². The number of hydrogen-bond donors (Lipinski definition) is 3. The number of esters is 1. The van der Waals surface area contributed by atoms with Gasteiger partial charge in [-0.15, -0.1) is 11.8 Å². The van der Waals surface area contributed by atoms with E-state index in [4.69, 9.17) is 9.84 Å². The third-order valence-corrected chi connectivity index (χ3v) is 5.38. The van der Waals surface area contributed by atoms with Crippen molar-refractivity contribution in [1.82, 2.24) is 0 Å². The number of carbonyl (C=O) groups excluding carboxylic acids is 3. The maximum absolute atomic E-state index is 13.3. The largest absolute Gasteiger partial charge is 0.507 e. The Morgan fingerprint density at radius 1 is 1.13 bits per heavy atom. The van der Waals surface area contributed by atoms with Crippen molar-refractivity contribution in [3.8, 4) is 11.5 Å². The number of aliphatic hydroxyl groups excluding tert-OH is 1. The average Bonchev–Trinajstić information content (AvgIpc) is 2.67. The predicted molar refractivity (Wildman–Crippen MR) is 118 cm³/mol. The summed E-state index contributed by atoms with van der Waals surface area (Å²) in [6.45, 7) is 6.97. The summed E-state index contributed by atoms with van der Waals surface area (Å²) < 4.78 is 5.47. The monoisotopic (exact) mass is 446 g/mol. The number of thioether (sulfide) groups is 1. The van der Waals surface area contributed by atoms with E-state index in [-0.39, 0.29) is 40.4 Å². The molecule has 0 radical (unpaired) electrons. The molecule has 8 heteroatoms. The smallest absolute Gasteiger partial charge is 0.331 e. The fraction of sp³-hybridized carbons (Fsp3) is 0.348. The van der Waals surface area contributed by atoms with E-state index < -0.39 is 35.1 Å². The van der Waals surface area contributed by atoms with Crippen LogP contribution in [-0.2, 0) is 9.53 Å². The van der Waals surface area contributed by atoms with Gasteiger partial charge in [0.1, 0.15) is 17.6 Å². The average molecular weight is 447 g/mol. The molecule has 1 aromatic rings. The fourth-order valence-electron chi connectivity index (χ4n) is 3.02. The third-order valence-electron chi connectivity index (χ3n) is 4.37. The number of hydrogen-bond acceptors (Lipinski definition) is 8. The van der Waals surface area contributed by atoms with Gasteiger partial charge in [-0.1, -0.05) is 17.2 Å². The van der Waals surface area contributed by atoms with Crippen LogP contribution >= 0.6 is 11.8 Å². The van der Waals surface area contributed by atoms with Crippen LogP contribution in [-0.4, -0.2) is 51.3 Å². The highest BCUT2D eigenvalue weighted by atomic mass is 32.2. The van der Waals surface area contributed by atoms with Crippen LogP contribution in [0.4, 0.5) is 0 Å². The molecular formula is C23H26O7S. The minimum Gasteiger partial charge on any atom is -0.507 e. The quantitative estimate of drug-likeness (QED) is 0.182. The van der Waals surface area contributed by atoms with Gasteiger partial charge in [0.05, 0.1) is 22.6 Å². The molecule has 0 spiro atoms. The van der Waals surface area contributed by atoms with Crippen molar-refractivity contribution in [2.75, 3.05) is 12.4 Å². The van der Waals surface area contributed by atoms with Crippen molar-refractivity contribution < 1.29 is 34.4 Å². The maximum Gasteiger partial charge on any atom is 0.331 e. The van der Waals surface area contributed by atoms with Crippen molar-refractivity contribution in [2.24, 2.45) is 0 Å². The van der Waals surface area contributed by atoms with Crippen LogP contribution in [0.1, 0.15) is 54.8 Å². The Morgan fingerprint density at radius 3 is 2.39 bits per heavy atom. The van der Waals surface area contributed by atoms with E-state index in [1.54, 1.807) is 19.9 Å². The second-order valence-electron chi connectivity index (χ2n) is 7.52. The van der Waals surface area contributed by atoms with Gasteiger partial charge in [-0.05, 0) is 39.8 Å². The normalized spacial score (nSPS) is 13.8. The highest BCUT2D eigenvalue weighted by molar-refractivity contribution is 7.99. The highest BCUT2D eigenvalue weighted by Gasteiger charge is 2.36. The van der Waals surface area contributed by atoms with Crippen LogP contribution in [0.2, 0.25) is 0 Å². The Hall–Kier alpha value is -2.84. The molecule has 3 N–H and O–H groups in total. The van der Waals surface area contributed by atoms with Gasteiger partial charge in [0.25, 0.3) is 0 Å². The van der Waals surface area contributed by atoms with Gasteiger partial charge in [0.15, 0.2) is 11.6 Å². The lowest BCUT2D eigenvalue weighted by Gasteiger charge is -2.24. The number of ether oxygens (including phenoxy) is 1. The third kappa shape index (κ3) is 5.86. The topological polar surface area (TPSA) is 121 Å². The van der Waals surface area contributed by atoms with Crippen LogP contribution in [0.25, 0.3) is 0 Å². The van der Waals surface area contributed by atoms with E-state index >= 15 is 0 Å². The lowest BCUT2D eigenvalue weighted by atomic mass is 9.85. The minimum absolute atomic E-state index is 0.0792. The molecule has 1 atom stereocenters. The number of rotatable bonds is 8. The van der Waals surface area contributed by atoms with E-state index in [0.29, 0.717) is 5.57 Å². The summed E-state index contributed by atoms with van der Waals surface area (Å²) in [6.07, 6.45) is 3.23. The molecule has 0 amide bonds. The number of allylic oxidation sites excluding steroid dienone is 3. The Balaban J connectivity index is 2.54. The standard InChI is InChI=1S/C23H26O7S/c1-12(2)5-6-17(30-19(27)9-13(3)4)14-10-15(25)20-16(26)11-18(31-8-7-24)23(29)21(20)22(14)28/h5,9-11,17,24,26,29H,6-8H2,1-4H3/t17-/m0/s1. The van der Waals surface area contributed by atoms with Crippen molar-refractivity contribution in [1.29, 1.82) is 0 Å².